The lowest BCUT2D eigenvalue weighted by atomic mass is 10.2. The van der Waals surface area contributed by atoms with Crippen LogP contribution in [-0.4, -0.2) is 10.3 Å². The van der Waals surface area contributed by atoms with Crippen LogP contribution in [0.5, 0.6) is 0 Å². The summed E-state index contributed by atoms with van der Waals surface area (Å²) in [5.41, 5.74) is 1.16. The first-order valence-electron chi connectivity index (χ1n) is 4.25. The number of rotatable bonds is 3. The van der Waals surface area contributed by atoms with Crippen LogP contribution in [0.4, 0.5) is 0 Å². The van der Waals surface area contributed by atoms with Crippen molar-refractivity contribution in [1.82, 2.24) is 0 Å². The summed E-state index contributed by atoms with van der Waals surface area (Å²) in [6.45, 7) is 5.73. The maximum absolute atomic E-state index is 11.5. The van der Waals surface area contributed by atoms with Crippen molar-refractivity contribution in [3.05, 3.63) is 29.8 Å². The maximum atomic E-state index is 11.5. The van der Waals surface area contributed by atoms with Gasteiger partial charge in [-0.15, -0.1) is 0 Å². The number of hydrogen-bond acceptors (Lipinski definition) is 2. The van der Waals surface area contributed by atoms with Gasteiger partial charge in [-0.3, -0.25) is 4.18 Å². The van der Waals surface area contributed by atoms with Gasteiger partial charge < -0.3 is 0 Å². The molecule has 0 spiro atoms. The van der Waals surface area contributed by atoms with Gasteiger partial charge in [-0.05, 0) is 32.9 Å². The predicted molar refractivity (Wildman–Crippen MR) is 53.8 cm³/mol. The molecular weight excluding hydrogens is 184 g/mol. The van der Waals surface area contributed by atoms with Crippen LogP contribution >= 0.6 is 0 Å². The van der Waals surface area contributed by atoms with Crippen LogP contribution in [-0.2, 0) is 15.3 Å². The maximum Gasteiger partial charge on any atom is 0.189 e. The molecule has 13 heavy (non-hydrogen) atoms. The van der Waals surface area contributed by atoms with Crippen LogP contribution in [0, 0.1) is 6.92 Å². The highest BCUT2D eigenvalue weighted by Crippen LogP contribution is 2.10. The van der Waals surface area contributed by atoms with Crippen LogP contribution in [0.15, 0.2) is 29.2 Å². The first kappa shape index (κ1) is 10.4. The highest BCUT2D eigenvalue weighted by Gasteiger charge is 2.05. The van der Waals surface area contributed by atoms with Gasteiger partial charge in [-0.2, -0.15) is 0 Å². The van der Waals surface area contributed by atoms with Crippen molar-refractivity contribution in [1.29, 1.82) is 0 Å². The van der Waals surface area contributed by atoms with E-state index in [0.29, 0.717) is 0 Å². The zero-order chi connectivity index (χ0) is 9.84. The summed E-state index contributed by atoms with van der Waals surface area (Å²) in [6.07, 6.45) is -0.0119. The van der Waals surface area contributed by atoms with Gasteiger partial charge >= 0.3 is 0 Å². The van der Waals surface area contributed by atoms with E-state index in [1.54, 1.807) is 0 Å². The van der Waals surface area contributed by atoms with E-state index in [2.05, 4.69) is 0 Å². The molecule has 1 rings (SSSR count). The highest BCUT2D eigenvalue weighted by molar-refractivity contribution is 7.80. The molecule has 0 aliphatic heterocycles. The molecule has 0 fully saturated rings. The quantitative estimate of drug-likeness (QED) is 0.745. The van der Waals surface area contributed by atoms with Crippen LogP contribution in [0.3, 0.4) is 0 Å². The SMILES string of the molecule is Cc1ccc([S@@](=O)OC(C)C)cc1. The van der Waals surface area contributed by atoms with Crippen molar-refractivity contribution < 1.29 is 8.39 Å². The highest BCUT2D eigenvalue weighted by atomic mass is 32.2. The van der Waals surface area contributed by atoms with Crippen molar-refractivity contribution in [2.45, 2.75) is 31.8 Å². The molecule has 1 aromatic carbocycles. The number of aryl methyl sites for hydroxylation is 1. The molecular formula is C10H14O2S. The van der Waals surface area contributed by atoms with Gasteiger partial charge in [0, 0.05) is 0 Å². The second-order valence-electron chi connectivity index (χ2n) is 3.19. The summed E-state index contributed by atoms with van der Waals surface area (Å²) in [6, 6.07) is 7.51. The van der Waals surface area contributed by atoms with E-state index in [9.17, 15) is 4.21 Å². The van der Waals surface area contributed by atoms with E-state index in [-0.39, 0.29) is 6.10 Å². The molecule has 1 aromatic rings. The Bertz CT molecular complexity index is 290. The molecule has 0 saturated carbocycles. The van der Waals surface area contributed by atoms with Crippen molar-refractivity contribution in [2.24, 2.45) is 0 Å². The third-order valence-corrected chi connectivity index (χ3v) is 2.71. The Balaban J connectivity index is 2.72. The molecule has 0 aliphatic carbocycles. The average Bonchev–Trinajstić information content (AvgIpc) is 2.04. The van der Waals surface area contributed by atoms with Gasteiger partial charge in [0.05, 0.1) is 11.0 Å². The Kier molecular flexibility index (Phi) is 3.63. The summed E-state index contributed by atoms with van der Waals surface area (Å²) in [7, 11) is 0. The topological polar surface area (TPSA) is 26.3 Å². The third-order valence-electron chi connectivity index (χ3n) is 1.49. The van der Waals surface area contributed by atoms with E-state index >= 15 is 0 Å². The summed E-state index contributed by atoms with van der Waals surface area (Å²) in [5.74, 6) is 0. The van der Waals surface area contributed by atoms with Gasteiger partial charge in [0.1, 0.15) is 0 Å². The van der Waals surface area contributed by atoms with Crippen LogP contribution < -0.4 is 0 Å². The molecule has 0 unspecified atom stereocenters. The summed E-state index contributed by atoms with van der Waals surface area (Å²) >= 11 is -1.32. The lowest BCUT2D eigenvalue weighted by molar-refractivity contribution is 0.270. The van der Waals surface area contributed by atoms with Crippen LogP contribution in [0.2, 0.25) is 0 Å². The molecule has 1 atom stereocenters. The first-order chi connectivity index (χ1) is 6.09. The number of hydrogen-bond donors (Lipinski definition) is 0. The third kappa shape index (κ3) is 3.28. The second kappa shape index (κ2) is 4.53. The zero-order valence-corrected chi connectivity index (χ0v) is 8.93. The fourth-order valence-corrected chi connectivity index (χ4v) is 1.70. The minimum absolute atomic E-state index is 0.0119. The molecule has 0 heterocycles. The molecule has 0 amide bonds. The van der Waals surface area contributed by atoms with E-state index in [1.165, 1.54) is 0 Å². The molecule has 0 aliphatic rings. The normalized spacial score (nSPS) is 13.2. The van der Waals surface area contributed by atoms with Gasteiger partial charge in [0.15, 0.2) is 11.1 Å². The largest absolute Gasteiger partial charge is 0.284 e. The van der Waals surface area contributed by atoms with Crippen molar-refractivity contribution in [2.75, 3.05) is 0 Å². The average molecular weight is 198 g/mol. The monoisotopic (exact) mass is 198 g/mol. The first-order valence-corrected chi connectivity index (χ1v) is 5.32. The lowest BCUT2D eigenvalue weighted by Gasteiger charge is -2.05. The fraction of sp³-hybridized carbons (Fsp3) is 0.400. The van der Waals surface area contributed by atoms with E-state index < -0.39 is 11.1 Å². The Morgan fingerprint density at radius 1 is 1.23 bits per heavy atom. The predicted octanol–water partition coefficient (Wildman–Crippen LogP) is 2.44. The molecule has 0 aromatic heterocycles. The molecule has 72 valence electrons. The van der Waals surface area contributed by atoms with Gasteiger partial charge in [0.2, 0.25) is 0 Å². The van der Waals surface area contributed by atoms with Crippen LogP contribution in [0.1, 0.15) is 19.4 Å². The zero-order valence-electron chi connectivity index (χ0n) is 8.11. The molecule has 2 nitrogen and oxygen atoms in total. The molecule has 0 N–H and O–H groups in total. The summed E-state index contributed by atoms with van der Waals surface area (Å²) in [5, 5.41) is 0. The second-order valence-corrected chi connectivity index (χ2v) is 4.33. The van der Waals surface area contributed by atoms with Crippen LogP contribution in [0.25, 0.3) is 0 Å². The van der Waals surface area contributed by atoms with E-state index in [1.807, 2.05) is 45.0 Å². The van der Waals surface area contributed by atoms with Crippen molar-refractivity contribution >= 4 is 11.1 Å². The molecule has 0 radical (unpaired) electrons. The van der Waals surface area contributed by atoms with Gasteiger partial charge in [0.25, 0.3) is 0 Å². The smallest absolute Gasteiger partial charge is 0.189 e. The molecule has 3 heteroatoms. The summed E-state index contributed by atoms with van der Waals surface area (Å²) < 4.78 is 16.6. The lowest BCUT2D eigenvalue weighted by Crippen LogP contribution is -2.05. The Labute approximate surface area is 81.6 Å². The van der Waals surface area contributed by atoms with Gasteiger partial charge in [-0.25, -0.2) is 4.21 Å². The van der Waals surface area contributed by atoms with Crippen molar-refractivity contribution in [3.63, 3.8) is 0 Å². The van der Waals surface area contributed by atoms with E-state index in [4.69, 9.17) is 4.18 Å². The Morgan fingerprint density at radius 3 is 2.23 bits per heavy atom. The molecule has 0 bridgehead atoms. The standard InChI is InChI=1S/C10H14O2S/c1-8(2)12-13(11)10-6-4-9(3)5-7-10/h4-8H,1-3H3/t13-/m0/s1. The van der Waals surface area contributed by atoms with Gasteiger partial charge in [-0.1, -0.05) is 17.7 Å². The molecule has 0 saturated heterocycles. The summed E-state index contributed by atoms with van der Waals surface area (Å²) in [4.78, 5) is 0.722. The Morgan fingerprint density at radius 2 is 1.77 bits per heavy atom. The van der Waals surface area contributed by atoms with Crippen molar-refractivity contribution in [3.8, 4) is 0 Å². The van der Waals surface area contributed by atoms with E-state index in [0.717, 1.165) is 10.5 Å². The minimum Gasteiger partial charge on any atom is -0.284 e. The fourth-order valence-electron chi connectivity index (χ4n) is 0.880. The minimum atomic E-state index is -1.32. The number of benzene rings is 1. The Hall–Kier alpha value is -0.670.